The zero-order chi connectivity index (χ0) is 11.5. The van der Waals surface area contributed by atoms with Crippen LogP contribution in [0.2, 0.25) is 5.02 Å². The van der Waals surface area contributed by atoms with E-state index in [1.54, 1.807) is 31.2 Å². The molecule has 0 spiro atoms. The topological polar surface area (TPSA) is 44.8 Å². The van der Waals surface area contributed by atoms with Gasteiger partial charge in [0, 0.05) is 5.02 Å². The van der Waals surface area contributed by atoms with Crippen LogP contribution < -0.4 is 0 Å². The molecule has 1 fully saturated rings. The molecule has 1 aliphatic rings. The summed E-state index contributed by atoms with van der Waals surface area (Å²) in [6.45, 7) is 2.00. The molecule has 2 rings (SSSR count). The van der Waals surface area contributed by atoms with Crippen molar-refractivity contribution in [1.82, 2.24) is 0 Å². The predicted octanol–water partition coefficient (Wildman–Crippen LogP) is 2.22. The fourth-order valence-corrected chi connectivity index (χ4v) is 1.56. The summed E-state index contributed by atoms with van der Waals surface area (Å²) < 4.78 is 15.4. The van der Waals surface area contributed by atoms with Gasteiger partial charge >= 0.3 is 5.97 Å². The van der Waals surface area contributed by atoms with Gasteiger partial charge in [-0.05, 0) is 25.1 Å². The lowest BCUT2D eigenvalue weighted by Gasteiger charge is -2.10. The van der Waals surface area contributed by atoms with Gasteiger partial charge in [-0.1, -0.05) is 17.7 Å². The normalized spacial score (nSPS) is 24.4. The van der Waals surface area contributed by atoms with E-state index in [0.717, 1.165) is 0 Å². The zero-order valence-electron chi connectivity index (χ0n) is 8.68. The summed E-state index contributed by atoms with van der Waals surface area (Å²) in [5.74, 6) is -0.467. The molecule has 0 amide bonds. The Balaban J connectivity index is 1.98. The van der Waals surface area contributed by atoms with Crippen LogP contribution in [0.4, 0.5) is 0 Å². The third-order valence-electron chi connectivity index (χ3n) is 2.11. The third kappa shape index (κ3) is 2.72. The lowest BCUT2D eigenvalue weighted by molar-refractivity contribution is -0.111. The second kappa shape index (κ2) is 4.82. The average molecular weight is 243 g/mol. The number of rotatable bonds is 2. The van der Waals surface area contributed by atoms with Gasteiger partial charge < -0.3 is 14.2 Å². The van der Waals surface area contributed by atoms with E-state index < -0.39 is 12.3 Å². The number of esters is 1. The Morgan fingerprint density at radius 3 is 3.00 bits per heavy atom. The molecule has 2 atom stereocenters. The summed E-state index contributed by atoms with van der Waals surface area (Å²) in [6.07, 6.45) is -0.973. The molecule has 0 radical (unpaired) electrons. The Hall–Kier alpha value is -1.10. The van der Waals surface area contributed by atoms with Crippen molar-refractivity contribution in [3.8, 4) is 0 Å². The maximum atomic E-state index is 11.6. The number of halogens is 1. The lowest BCUT2D eigenvalue weighted by atomic mass is 10.2. The van der Waals surface area contributed by atoms with Crippen LogP contribution in [0.3, 0.4) is 0 Å². The first-order chi connectivity index (χ1) is 7.65. The molecule has 86 valence electrons. The van der Waals surface area contributed by atoms with Gasteiger partial charge in [-0.3, -0.25) is 0 Å². The molecule has 1 saturated heterocycles. The van der Waals surface area contributed by atoms with Gasteiger partial charge in [0.25, 0.3) is 0 Å². The number of carbonyl (C=O) groups excluding carboxylic acids is 1. The van der Waals surface area contributed by atoms with E-state index in [1.807, 2.05) is 0 Å². The van der Waals surface area contributed by atoms with E-state index in [0.29, 0.717) is 10.6 Å². The van der Waals surface area contributed by atoms with E-state index in [-0.39, 0.29) is 12.9 Å². The largest absolute Gasteiger partial charge is 0.429 e. The van der Waals surface area contributed by atoms with Crippen molar-refractivity contribution in [3.05, 3.63) is 34.9 Å². The quantitative estimate of drug-likeness (QED) is 0.746. The van der Waals surface area contributed by atoms with Crippen molar-refractivity contribution >= 4 is 17.6 Å². The first-order valence-corrected chi connectivity index (χ1v) is 5.26. The fourth-order valence-electron chi connectivity index (χ4n) is 1.37. The molecule has 0 aliphatic carbocycles. The second-order valence-electron chi connectivity index (χ2n) is 3.38. The van der Waals surface area contributed by atoms with Gasteiger partial charge in [0.2, 0.25) is 6.29 Å². The zero-order valence-corrected chi connectivity index (χ0v) is 9.44. The molecule has 0 N–H and O–H groups in total. The van der Waals surface area contributed by atoms with E-state index in [9.17, 15) is 4.79 Å². The number of hydrogen-bond donors (Lipinski definition) is 0. The van der Waals surface area contributed by atoms with Gasteiger partial charge in [-0.15, -0.1) is 0 Å². The molecule has 2 unspecified atom stereocenters. The van der Waals surface area contributed by atoms with Crippen molar-refractivity contribution in [2.45, 2.75) is 19.5 Å². The summed E-state index contributed by atoms with van der Waals surface area (Å²) >= 11 is 5.77. The summed E-state index contributed by atoms with van der Waals surface area (Å²) in [5, 5.41) is 0.492. The molecule has 0 aromatic heterocycles. The molecular weight excluding hydrogens is 232 g/mol. The van der Waals surface area contributed by atoms with Gasteiger partial charge in [-0.25, -0.2) is 4.79 Å². The summed E-state index contributed by atoms with van der Waals surface area (Å²) in [4.78, 5) is 11.6. The fraction of sp³-hybridized carbons (Fsp3) is 0.364. The van der Waals surface area contributed by atoms with Crippen LogP contribution in [0.25, 0.3) is 0 Å². The van der Waals surface area contributed by atoms with Crippen molar-refractivity contribution in [2.24, 2.45) is 0 Å². The molecule has 16 heavy (non-hydrogen) atoms. The predicted molar refractivity (Wildman–Crippen MR) is 57.2 cm³/mol. The van der Waals surface area contributed by atoms with Crippen molar-refractivity contribution in [2.75, 3.05) is 6.61 Å². The van der Waals surface area contributed by atoms with Crippen LogP contribution in [0, 0.1) is 0 Å². The maximum absolute atomic E-state index is 11.6. The Morgan fingerprint density at radius 2 is 2.38 bits per heavy atom. The molecule has 5 heteroatoms. The van der Waals surface area contributed by atoms with Crippen molar-refractivity contribution < 1.29 is 19.0 Å². The highest BCUT2D eigenvalue weighted by atomic mass is 35.5. The van der Waals surface area contributed by atoms with Crippen LogP contribution in [0.5, 0.6) is 0 Å². The third-order valence-corrected chi connectivity index (χ3v) is 2.34. The monoisotopic (exact) mass is 242 g/mol. The van der Waals surface area contributed by atoms with Crippen LogP contribution in [0.15, 0.2) is 24.3 Å². The molecule has 1 aromatic carbocycles. The minimum Gasteiger partial charge on any atom is -0.429 e. The van der Waals surface area contributed by atoms with E-state index in [2.05, 4.69) is 0 Å². The van der Waals surface area contributed by atoms with Crippen molar-refractivity contribution in [3.63, 3.8) is 0 Å². The van der Waals surface area contributed by atoms with Crippen LogP contribution in [-0.2, 0) is 14.2 Å². The number of ether oxygens (including phenoxy) is 3. The molecular formula is C11H11ClO4. The van der Waals surface area contributed by atoms with Crippen LogP contribution in [0.1, 0.15) is 17.3 Å². The van der Waals surface area contributed by atoms with Gasteiger partial charge in [0.15, 0.2) is 6.29 Å². The summed E-state index contributed by atoms with van der Waals surface area (Å²) in [6, 6.07) is 6.56. The highest BCUT2D eigenvalue weighted by Gasteiger charge is 2.26. The first-order valence-electron chi connectivity index (χ1n) is 4.89. The Morgan fingerprint density at radius 1 is 1.56 bits per heavy atom. The Bertz CT molecular complexity index is 393. The molecule has 1 aliphatic heterocycles. The molecule has 1 heterocycles. The maximum Gasteiger partial charge on any atom is 0.340 e. The minimum atomic E-state index is -0.638. The van der Waals surface area contributed by atoms with Crippen molar-refractivity contribution in [1.29, 1.82) is 0 Å². The Kier molecular flexibility index (Phi) is 3.43. The molecule has 4 nitrogen and oxygen atoms in total. The highest BCUT2D eigenvalue weighted by Crippen LogP contribution is 2.16. The smallest absolute Gasteiger partial charge is 0.340 e. The Labute approximate surface area is 98.1 Å². The molecule has 0 bridgehead atoms. The average Bonchev–Trinajstić information content (AvgIpc) is 2.64. The minimum absolute atomic E-state index is 0.257. The van der Waals surface area contributed by atoms with E-state index in [4.69, 9.17) is 25.8 Å². The second-order valence-corrected chi connectivity index (χ2v) is 3.82. The number of carbonyl (C=O) groups is 1. The first kappa shape index (κ1) is 11.4. The lowest BCUT2D eigenvalue weighted by Crippen LogP contribution is -2.20. The van der Waals surface area contributed by atoms with Crippen LogP contribution in [-0.4, -0.2) is 25.2 Å². The van der Waals surface area contributed by atoms with Gasteiger partial charge in [0.05, 0.1) is 5.56 Å². The number of benzene rings is 1. The van der Waals surface area contributed by atoms with Gasteiger partial charge in [-0.2, -0.15) is 0 Å². The SMILES string of the molecule is CC1OCC(OC(=O)c2cccc(Cl)c2)O1. The van der Waals surface area contributed by atoms with E-state index in [1.165, 1.54) is 0 Å². The summed E-state index contributed by atoms with van der Waals surface area (Å²) in [5.41, 5.74) is 0.399. The number of hydrogen-bond acceptors (Lipinski definition) is 4. The van der Waals surface area contributed by atoms with Crippen LogP contribution >= 0.6 is 11.6 Å². The van der Waals surface area contributed by atoms with Gasteiger partial charge in [0.1, 0.15) is 6.61 Å². The van der Waals surface area contributed by atoms with E-state index >= 15 is 0 Å². The standard InChI is InChI=1S/C11H11ClO4/c1-7-14-6-10(15-7)16-11(13)8-3-2-4-9(12)5-8/h2-5,7,10H,6H2,1H3. The summed E-state index contributed by atoms with van der Waals surface area (Å²) in [7, 11) is 0. The highest BCUT2D eigenvalue weighted by molar-refractivity contribution is 6.30. The molecule has 1 aromatic rings. The molecule has 0 saturated carbocycles.